The van der Waals surface area contributed by atoms with Gasteiger partial charge >= 0.3 is 7.75 Å². The number of benzene rings is 4. The molecule has 0 N–H and O–H groups in total. The van der Waals surface area contributed by atoms with Gasteiger partial charge in [-0.2, -0.15) is 0 Å². The molecular formula is C31H29N2O4P. The molecule has 6 rings (SSSR count). The number of hydrogen-bond acceptors (Lipinski definition) is 4. The number of amidine groups is 1. The molecule has 1 aromatic heterocycles. The summed E-state index contributed by atoms with van der Waals surface area (Å²) in [6.07, 6.45) is 2.11. The van der Waals surface area contributed by atoms with E-state index < -0.39 is 7.75 Å². The first-order chi connectivity index (χ1) is 18.6. The summed E-state index contributed by atoms with van der Waals surface area (Å²) >= 11 is 0. The average molecular weight is 525 g/mol. The molecule has 1 aliphatic rings. The fourth-order valence-corrected chi connectivity index (χ4v) is 6.39. The van der Waals surface area contributed by atoms with Gasteiger partial charge in [-0.3, -0.25) is 0 Å². The van der Waals surface area contributed by atoms with Gasteiger partial charge in [-0.1, -0.05) is 67.6 Å². The zero-order valence-corrected chi connectivity index (χ0v) is 22.1. The van der Waals surface area contributed by atoms with E-state index in [-0.39, 0.29) is 5.92 Å². The fourth-order valence-electron chi connectivity index (χ4n) is 4.95. The molecule has 1 atom stereocenters. The minimum atomic E-state index is -3.99. The van der Waals surface area contributed by atoms with Crippen molar-refractivity contribution in [1.82, 2.24) is 4.90 Å². The van der Waals surface area contributed by atoms with Crippen molar-refractivity contribution in [2.24, 2.45) is 4.76 Å². The van der Waals surface area contributed by atoms with Crippen molar-refractivity contribution in [3.8, 4) is 11.5 Å². The highest BCUT2D eigenvalue weighted by atomic mass is 31.2. The zero-order chi connectivity index (χ0) is 26.0. The quantitative estimate of drug-likeness (QED) is 0.121. The highest BCUT2D eigenvalue weighted by Crippen LogP contribution is 2.51. The monoisotopic (exact) mass is 524 g/mol. The second kappa shape index (κ2) is 10.4. The third-order valence-corrected chi connectivity index (χ3v) is 8.20. The second-order valence-corrected chi connectivity index (χ2v) is 11.0. The van der Waals surface area contributed by atoms with Crippen LogP contribution in [0.25, 0.3) is 21.9 Å². The van der Waals surface area contributed by atoms with Crippen LogP contribution in [-0.4, -0.2) is 23.8 Å². The van der Waals surface area contributed by atoms with E-state index in [1.807, 2.05) is 60.7 Å². The predicted octanol–water partition coefficient (Wildman–Crippen LogP) is 8.45. The molecule has 5 aromatic rings. The van der Waals surface area contributed by atoms with E-state index in [0.717, 1.165) is 53.4 Å². The summed E-state index contributed by atoms with van der Waals surface area (Å²) < 4.78 is 37.2. The Morgan fingerprint density at radius 1 is 0.789 bits per heavy atom. The van der Waals surface area contributed by atoms with Gasteiger partial charge in [0.1, 0.15) is 28.5 Å². The molecule has 0 bridgehead atoms. The standard InChI is InChI=1S/C31H29N2O4P/c1-23(24-18-19-30-28(22-24)27-16-8-9-17-29(27)35-30)31(33-20-10-11-21-33)32-38(34,36-25-12-4-2-5-13-25)37-26-14-6-3-7-15-26/h2-9,12-19,22-23H,10-11,20-21H2,1H3. The number of furan rings is 1. The molecule has 7 heteroatoms. The summed E-state index contributed by atoms with van der Waals surface area (Å²) in [5, 5.41) is 2.12. The Bertz CT molecular complexity index is 1580. The Kier molecular flexibility index (Phi) is 6.65. The molecule has 2 heterocycles. The molecule has 192 valence electrons. The Labute approximate surface area is 222 Å². The van der Waals surface area contributed by atoms with Gasteiger partial charge < -0.3 is 18.4 Å². The summed E-state index contributed by atoms with van der Waals surface area (Å²) in [7, 11) is -3.99. The lowest BCUT2D eigenvalue weighted by molar-refractivity contribution is 0.385. The summed E-state index contributed by atoms with van der Waals surface area (Å²) in [5.74, 6) is 1.42. The lowest BCUT2D eigenvalue weighted by Crippen LogP contribution is -2.32. The molecule has 1 unspecified atom stereocenters. The molecule has 1 fully saturated rings. The van der Waals surface area contributed by atoms with E-state index in [4.69, 9.17) is 18.2 Å². The number of hydrogen-bond donors (Lipinski definition) is 0. The van der Waals surface area contributed by atoms with Gasteiger partial charge in [0.25, 0.3) is 0 Å². The minimum Gasteiger partial charge on any atom is -0.456 e. The van der Waals surface area contributed by atoms with Crippen LogP contribution < -0.4 is 9.05 Å². The van der Waals surface area contributed by atoms with E-state index in [1.54, 1.807) is 24.3 Å². The normalized spacial score (nSPS) is 15.2. The van der Waals surface area contributed by atoms with Gasteiger partial charge in [0, 0.05) is 29.8 Å². The Balaban J connectivity index is 1.43. The first-order valence-electron chi connectivity index (χ1n) is 12.9. The molecule has 1 aliphatic heterocycles. The van der Waals surface area contributed by atoms with Crippen molar-refractivity contribution in [2.45, 2.75) is 25.7 Å². The highest BCUT2D eigenvalue weighted by molar-refractivity contribution is 7.53. The summed E-state index contributed by atoms with van der Waals surface area (Å²) in [5.41, 5.74) is 2.76. The maximum Gasteiger partial charge on any atom is 0.565 e. The van der Waals surface area contributed by atoms with E-state index in [0.29, 0.717) is 17.3 Å². The van der Waals surface area contributed by atoms with Gasteiger partial charge in [-0.05, 0) is 60.9 Å². The topological polar surface area (TPSA) is 64.3 Å². The van der Waals surface area contributed by atoms with Crippen LogP contribution in [0.5, 0.6) is 11.5 Å². The molecule has 0 amide bonds. The highest BCUT2D eigenvalue weighted by Gasteiger charge is 2.33. The smallest absolute Gasteiger partial charge is 0.456 e. The summed E-state index contributed by atoms with van der Waals surface area (Å²) in [4.78, 5) is 2.21. The van der Waals surface area contributed by atoms with E-state index in [2.05, 4.69) is 30.0 Å². The zero-order valence-electron chi connectivity index (χ0n) is 21.2. The maximum atomic E-state index is 14.3. The van der Waals surface area contributed by atoms with Crippen LogP contribution in [0.15, 0.2) is 112 Å². The van der Waals surface area contributed by atoms with Crippen molar-refractivity contribution in [3.63, 3.8) is 0 Å². The van der Waals surface area contributed by atoms with Crippen molar-refractivity contribution in [3.05, 3.63) is 109 Å². The van der Waals surface area contributed by atoms with Crippen molar-refractivity contribution in [1.29, 1.82) is 0 Å². The van der Waals surface area contributed by atoms with E-state index in [1.165, 1.54) is 0 Å². The Morgan fingerprint density at radius 2 is 1.37 bits per heavy atom. The van der Waals surface area contributed by atoms with Crippen LogP contribution in [0.3, 0.4) is 0 Å². The van der Waals surface area contributed by atoms with Crippen LogP contribution in [-0.2, 0) is 4.57 Å². The second-order valence-electron chi connectivity index (χ2n) is 9.51. The Morgan fingerprint density at radius 3 is 2.03 bits per heavy atom. The van der Waals surface area contributed by atoms with Gasteiger partial charge in [-0.15, -0.1) is 4.76 Å². The molecular weight excluding hydrogens is 495 g/mol. The van der Waals surface area contributed by atoms with Crippen LogP contribution >= 0.6 is 7.75 Å². The van der Waals surface area contributed by atoms with Crippen LogP contribution in [0.2, 0.25) is 0 Å². The van der Waals surface area contributed by atoms with Gasteiger partial charge in [0.05, 0.1) is 0 Å². The largest absolute Gasteiger partial charge is 0.565 e. The third-order valence-electron chi connectivity index (χ3n) is 6.87. The summed E-state index contributed by atoms with van der Waals surface area (Å²) in [6, 6.07) is 32.4. The number of para-hydroxylation sites is 3. The molecule has 0 radical (unpaired) electrons. The first kappa shape index (κ1) is 24.3. The summed E-state index contributed by atoms with van der Waals surface area (Å²) in [6.45, 7) is 3.78. The third kappa shape index (κ3) is 5.05. The molecule has 0 spiro atoms. The number of rotatable bonds is 7. The minimum absolute atomic E-state index is 0.154. The first-order valence-corrected chi connectivity index (χ1v) is 14.4. The number of fused-ring (bicyclic) bond motifs is 3. The van der Waals surface area contributed by atoms with Crippen molar-refractivity contribution in [2.75, 3.05) is 13.1 Å². The molecule has 4 aromatic carbocycles. The lowest BCUT2D eigenvalue weighted by Gasteiger charge is -2.27. The van der Waals surface area contributed by atoms with Gasteiger partial charge in [0.15, 0.2) is 0 Å². The van der Waals surface area contributed by atoms with Crippen molar-refractivity contribution >= 4 is 35.5 Å². The van der Waals surface area contributed by atoms with Gasteiger partial charge in [-0.25, -0.2) is 4.57 Å². The van der Waals surface area contributed by atoms with E-state index in [9.17, 15) is 4.57 Å². The molecule has 6 nitrogen and oxygen atoms in total. The average Bonchev–Trinajstić information content (AvgIpc) is 3.60. The van der Waals surface area contributed by atoms with Crippen LogP contribution in [0.4, 0.5) is 0 Å². The van der Waals surface area contributed by atoms with Crippen LogP contribution in [0.1, 0.15) is 31.2 Å². The fraction of sp³-hybridized carbons (Fsp3) is 0.194. The van der Waals surface area contributed by atoms with Gasteiger partial charge in [0.2, 0.25) is 0 Å². The SMILES string of the molecule is CC(C(=NP(=O)(Oc1ccccc1)Oc1ccccc1)N1CCCC1)c1ccc2oc3ccccc3c2c1. The number of nitrogens with zero attached hydrogens (tertiary/aromatic N) is 2. The molecule has 0 saturated carbocycles. The van der Waals surface area contributed by atoms with Crippen LogP contribution in [0, 0.1) is 0 Å². The molecule has 1 saturated heterocycles. The number of likely N-dealkylation sites (tertiary alicyclic amines) is 1. The van der Waals surface area contributed by atoms with E-state index >= 15 is 0 Å². The lowest BCUT2D eigenvalue weighted by atomic mass is 9.97. The Hall–Kier alpha value is -4.02. The predicted molar refractivity (Wildman–Crippen MR) is 152 cm³/mol. The van der Waals surface area contributed by atoms with Crippen molar-refractivity contribution < 1.29 is 18.0 Å². The molecule has 0 aliphatic carbocycles. The molecule has 38 heavy (non-hydrogen) atoms. The maximum absolute atomic E-state index is 14.3.